The van der Waals surface area contributed by atoms with Gasteiger partial charge >= 0.3 is 0 Å². The molecule has 2 amide bonds. The van der Waals surface area contributed by atoms with E-state index in [1.807, 2.05) is 6.07 Å². The smallest absolute Gasteiger partial charge is 0.269 e. The highest BCUT2D eigenvalue weighted by atomic mass is 16.3. The van der Waals surface area contributed by atoms with E-state index >= 15 is 0 Å². The van der Waals surface area contributed by atoms with Gasteiger partial charge in [-0.1, -0.05) is 0 Å². The molecule has 4 N–H and O–H groups in total. The maximum atomic E-state index is 12.4. The van der Waals surface area contributed by atoms with Gasteiger partial charge in [-0.2, -0.15) is 10.5 Å². The van der Waals surface area contributed by atoms with Crippen molar-refractivity contribution in [1.29, 1.82) is 10.5 Å². The Labute approximate surface area is 162 Å². The Kier molecular flexibility index (Phi) is 6.69. The third-order valence-electron chi connectivity index (χ3n) is 4.01. The number of nitrogens with one attached hydrogen (secondary N) is 3. The normalized spacial score (nSPS) is 12.0. The SMILES string of the molecule is Cc1cc(N[C@@H](C(=O)NNC(=O)c2ccc(C#N)cc2)[C@H](C)O)ccc1C#N. The number of hydrazine groups is 1. The van der Waals surface area contributed by atoms with Crippen LogP contribution in [0.15, 0.2) is 42.5 Å². The van der Waals surface area contributed by atoms with Crippen LogP contribution < -0.4 is 16.2 Å². The number of nitriles is 2. The van der Waals surface area contributed by atoms with Gasteiger partial charge in [0.15, 0.2) is 0 Å². The third-order valence-corrected chi connectivity index (χ3v) is 4.01. The van der Waals surface area contributed by atoms with E-state index in [0.29, 0.717) is 16.8 Å². The maximum Gasteiger partial charge on any atom is 0.269 e. The summed E-state index contributed by atoms with van der Waals surface area (Å²) in [5, 5.41) is 30.6. The van der Waals surface area contributed by atoms with Gasteiger partial charge in [-0.3, -0.25) is 20.4 Å². The number of aliphatic hydroxyl groups is 1. The van der Waals surface area contributed by atoms with Gasteiger partial charge < -0.3 is 10.4 Å². The van der Waals surface area contributed by atoms with Crippen LogP contribution in [-0.4, -0.2) is 29.1 Å². The molecule has 8 heteroatoms. The van der Waals surface area contributed by atoms with Crippen LogP contribution in [0.4, 0.5) is 5.69 Å². The molecule has 2 rings (SSSR count). The molecule has 0 aromatic heterocycles. The molecular weight excluding hydrogens is 358 g/mol. The molecule has 0 aliphatic heterocycles. The van der Waals surface area contributed by atoms with Crippen molar-refractivity contribution in [3.05, 3.63) is 64.7 Å². The van der Waals surface area contributed by atoms with Crippen molar-refractivity contribution < 1.29 is 14.7 Å². The molecular formula is C20H19N5O3. The van der Waals surface area contributed by atoms with Crippen LogP contribution in [0.5, 0.6) is 0 Å². The summed E-state index contributed by atoms with van der Waals surface area (Å²) in [6, 6.07) is 13.8. The molecule has 0 fully saturated rings. The molecule has 0 heterocycles. The number of aryl methyl sites for hydroxylation is 1. The van der Waals surface area contributed by atoms with Gasteiger partial charge in [-0.05, 0) is 61.9 Å². The van der Waals surface area contributed by atoms with Gasteiger partial charge in [0, 0.05) is 11.3 Å². The molecule has 0 radical (unpaired) electrons. The lowest BCUT2D eigenvalue weighted by atomic mass is 10.1. The zero-order chi connectivity index (χ0) is 20.7. The molecule has 2 aromatic carbocycles. The molecule has 0 saturated carbocycles. The van der Waals surface area contributed by atoms with Crippen molar-refractivity contribution in [3.63, 3.8) is 0 Å². The number of carbonyl (C=O) groups excluding carboxylic acids is 2. The zero-order valence-corrected chi connectivity index (χ0v) is 15.4. The summed E-state index contributed by atoms with van der Waals surface area (Å²) < 4.78 is 0. The first kappa shape index (κ1) is 20.4. The number of hydrogen-bond donors (Lipinski definition) is 4. The summed E-state index contributed by atoms with van der Waals surface area (Å²) in [5.41, 5.74) is 7.01. The molecule has 0 bridgehead atoms. The minimum atomic E-state index is -1.05. The Morgan fingerprint density at radius 1 is 1.04 bits per heavy atom. The van der Waals surface area contributed by atoms with Gasteiger partial charge in [0.05, 0.1) is 29.4 Å². The number of anilines is 1. The van der Waals surface area contributed by atoms with E-state index in [1.165, 1.54) is 31.2 Å². The van der Waals surface area contributed by atoms with Gasteiger partial charge in [0.1, 0.15) is 6.04 Å². The third kappa shape index (κ3) is 5.07. The molecule has 0 spiro atoms. The Bertz CT molecular complexity index is 955. The standard InChI is InChI=1S/C20H19N5O3/c1-12-9-17(8-7-16(12)11-22)23-18(13(2)26)20(28)25-24-19(27)15-5-3-14(10-21)4-6-15/h3-9,13,18,23,26H,1-2H3,(H,24,27)(H,25,28)/t13-,18+/m0/s1. The number of rotatable bonds is 5. The Morgan fingerprint density at radius 3 is 2.25 bits per heavy atom. The number of nitrogens with zero attached hydrogens (tertiary/aromatic N) is 2. The largest absolute Gasteiger partial charge is 0.391 e. The Hall–Kier alpha value is -3.88. The zero-order valence-electron chi connectivity index (χ0n) is 15.4. The average Bonchev–Trinajstić information content (AvgIpc) is 2.69. The van der Waals surface area contributed by atoms with E-state index in [-0.39, 0.29) is 5.56 Å². The molecule has 0 unspecified atom stereocenters. The van der Waals surface area contributed by atoms with Crippen LogP contribution in [0.25, 0.3) is 0 Å². The second-order valence-corrected chi connectivity index (χ2v) is 6.14. The lowest BCUT2D eigenvalue weighted by Gasteiger charge is -2.22. The van der Waals surface area contributed by atoms with E-state index in [9.17, 15) is 14.7 Å². The molecule has 2 atom stereocenters. The molecule has 142 valence electrons. The Balaban J connectivity index is 2.02. The van der Waals surface area contributed by atoms with Gasteiger partial charge in [-0.15, -0.1) is 0 Å². The van der Waals surface area contributed by atoms with E-state index in [4.69, 9.17) is 10.5 Å². The second kappa shape index (κ2) is 9.17. The summed E-state index contributed by atoms with van der Waals surface area (Å²) in [4.78, 5) is 24.5. The summed E-state index contributed by atoms with van der Waals surface area (Å²) >= 11 is 0. The molecule has 28 heavy (non-hydrogen) atoms. The van der Waals surface area contributed by atoms with Crippen molar-refractivity contribution in [3.8, 4) is 12.1 Å². The first-order valence-corrected chi connectivity index (χ1v) is 8.41. The highest BCUT2D eigenvalue weighted by molar-refractivity contribution is 5.96. The lowest BCUT2D eigenvalue weighted by molar-refractivity contribution is -0.124. The van der Waals surface area contributed by atoms with Crippen LogP contribution in [0, 0.1) is 29.6 Å². The van der Waals surface area contributed by atoms with Crippen molar-refractivity contribution >= 4 is 17.5 Å². The first-order chi connectivity index (χ1) is 13.3. The van der Waals surface area contributed by atoms with E-state index in [0.717, 1.165) is 5.56 Å². The summed E-state index contributed by atoms with van der Waals surface area (Å²) in [6.07, 6.45) is -1.05. The maximum absolute atomic E-state index is 12.4. The molecule has 0 saturated heterocycles. The predicted octanol–water partition coefficient (Wildman–Crippen LogP) is 1.36. The topological polar surface area (TPSA) is 138 Å². The quantitative estimate of drug-likeness (QED) is 0.581. The van der Waals surface area contributed by atoms with Crippen molar-refractivity contribution in [2.45, 2.75) is 26.0 Å². The molecule has 2 aromatic rings. The Morgan fingerprint density at radius 2 is 1.71 bits per heavy atom. The first-order valence-electron chi connectivity index (χ1n) is 8.41. The van der Waals surface area contributed by atoms with Crippen LogP contribution >= 0.6 is 0 Å². The van der Waals surface area contributed by atoms with Gasteiger partial charge in [0.25, 0.3) is 11.8 Å². The van der Waals surface area contributed by atoms with Crippen LogP contribution in [0.2, 0.25) is 0 Å². The number of aliphatic hydroxyl groups excluding tert-OH is 1. The lowest BCUT2D eigenvalue weighted by Crippen LogP contribution is -2.52. The van der Waals surface area contributed by atoms with E-state index in [1.54, 1.807) is 25.1 Å². The molecule has 0 aliphatic carbocycles. The fourth-order valence-electron chi connectivity index (χ4n) is 2.43. The average molecular weight is 377 g/mol. The van der Waals surface area contributed by atoms with Crippen molar-refractivity contribution in [1.82, 2.24) is 10.9 Å². The van der Waals surface area contributed by atoms with Gasteiger partial charge in [0.2, 0.25) is 0 Å². The number of benzene rings is 2. The van der Waals surface area contributed by atoms with Crippen LogP contribution in [-0.2, 0) is 4.79 Å². The highest BCUT2D eigenvalue weighted by Gasteiger charge is 2.24. The van der Waals surface area contributed by atoms with Gasteiger partial charge in [-0.25, -0.2) is 0 Å². The number of hydrogen-bond acceptors (Lipinski definition) is 6. The highest BCUT2D eigenvalue weighted by Crippen LogP contribution is 2.16. The molecule has 0 aliphatic rings. The van der Waals surface area contributed by atoms with E-state index in [2.05, 4.69) is 22.2 Å². The minimum Gasteiger partial charge on any atom is -0.391 e. The van der Waals surface area contributed by atoms with Crippen LogP contribution in [0.1, 0.15) is 34.0 Å². The van der Waals surface area contributed by atoms with Crippen LogP contribution in [0.3, 0.4) is 0 Å². The summed E-state index contributed by atoms with van der Waals surface area (Å²) in [5.74, 6) is -1.20. The van der Waals surface area contributed by atoms with Crippen molar-refractivity contribution in [2.24, 2.45) is 0 Å². The second-order valence-electron chi connectivity index (χ2n) is 6.14. The fraction of sp³-hybridized carbons (Fsp3) is 0.200. The predicted molar refractivity (Wildman–Crippen MR) is 102 cm³/mol. The van der Waals surface area contributed by atoms with E-state index < -0.39 is 24.0 Å². The number of amides is 2. The monoisotopic (exact) mass is 377 g/mol. The molecule has 8 nitrogen and oxygen atoms in total. The minimum absolute atomic E-state index is 0.267. The number of carbonyl (C=O) groups is 2. The summed E-state index contributed by atoms with van der Waals surface area (Å²) in [6.45, 7) is 3.20. The fourth-order valence-corrected chi connectivity index (χ4v) is 2.43. The van der Waals surface area contributed by atoms with Crippen molar-refractivity contribution in [2.75, 3.05) is 5.32 Å². The summed E-state index contributed by atoms with van der Waals surface area (Å²) in [7, 11) is 0.